The highest BCUT2D eigenvalue weighted by atomic mass is 16.6. The SMILES string of the molecule is CC(C)(C)c1ccc(-c2nc3cc(N=Cc4ccc([N+](=O)[O-])cc4)ccc3o2)cc1. The number of nitrogens with zero attached hydrogens (tertiary/aromatic N) is 3. The summed E-state index contributed by atoms with van der Waals surface area (Å²) >= 11 is 0. The van der Waals surface area contributed by atoms with Crippen molar-refractivity contribution in [1.82, 2.24) is 4.98 Å². The average molecular weight is 399 g/mol. The first kappa shape index (κ1) is 19.5. The molecule has 6 nitrogen and oxygen atoms in total. The first-order valence-corrected chi connectivity index (χ1v) is 9.60. The third-order valence-corrected chi connectivity index (χ3v) is 4.84. The Balaban J connectivity index is 1.57. The molecular formula is C24H21N3O3. The summed E-state index contributed by atoms with van der Waals surface area (Å²) in [7, 11) is 0. The number of rotatable bonds is 4. The molecule has 0 atom stereocenters. The molecule has 30 heavy (non-hydrogen) atoms. The van der Waals surface area contributed by atoms with Crippen LogP contribution < -0.4 is 0 Å². The number of aliphatic imine (C=N–C) groups is 1. The van der Waals surface area contributed by atoms with Gasteiger partial charge in [-0.3, -0.25) is 15.1 Å². The molecule has 1 heterocycles. The van der Waals surface area contributed by atoms with Gasteiger partial charge < -0.3 is 4.42 Å². The van der Waals surface area contributed by atoms with Gasteiger partial charge in [0.2, 0.25) is 5.89 Å². The van der Waals surface area contributed by atoms with Crippen LogP contribution in [0.25, 0.3) is 22.6 Å². The molecule has 0 fully saturated rings. The van der Waals surface area contributed by atoms with Crippen LogP contribution >= 0.6 is 0 Å². The van der Waals surface area contributed by atoms with Gasteiger partial charge >= 0.3 is 0 Å². The molecule has 6 heteroatoms. The van der Waals surface area contributed by atoms with Crippen LogP contribution in [0.15, 0.2) is 76.1 Å². The maximum atomic E-state index is 10.7. The standard InChI is InChI=1S/C24H21N3O3/c1-24(2,3)18-8-6-17(7-9-18)23-26-21-14-19(10-13-22(21)30-23)25-15-16-4-11-20(12-5-16)27(28)29/h4-15H,1-3H3. The van der Waals surface area contributed by atoms with E-state index >= 15 is 0 Å². The minimum atomic E-state index is -0.423. The lowest BCUT2D eigenvalue weighted by Gasteiger charge is -2.18. The van der Waals surface area contributed by atoms with Gasteiger partial charge in [0.05, 0.1) is 10.6 Å². The third kappa shape index (κ3) is 4.12. The topological polar surface area (TPSA) is 81.5 Å². The van der Waals surface area contributed by atoms with Gasteiger partial charge in [-0.25, -0.2) is 4.98 Å². The molecular weight excluding hydrogens is 378 g/mol. The van der Waals surface area contributed by atoms with Crippen LogP contribution in [0.2, 0.25) is 0 Å². The Bertz CT molecular complexity index is 1230. The Kier molecular flexibility index (Phi) is 4.91. The summed E-state index contributed by atoms with van der Waals surface area (Å²) < 4.78 is 5.91. The Hall–Kier alpha value is -3.80. The van der Waals surface area contributed by atoms with E-state index in [4.69, 9.17) is 4.42 Å². The number of nitro benzene ring substituents is 1. The van der Waals surface area contributed by atoms with Crippen LogP contribution in [-0.4, -0.2) is 16.1 Å². The molecule has 0 spiro atoms. The van der Waals surface area contributed by atoms with Crippen LogP contribution in [0.4, 0.5) is 11.4 Å². The van der Waals surface area contributed by atoms with E-state index in [2.05, 4.69) is 42.9 Å². The molecule has 4 aromatic rings. The number of benzene rings is 3. The average Bonchev–Trinajstić information content (AvgIpc) is 3.15. The highest BCUT2D eigenvalue weighted by Gasteiger charge is 2.14. The number of non-ortho nitro benzene ring substituents is 1. The molecule has 0 N–H and O–H groups in total. The number of nitro groups is 1. The predicted octanol–water partition coefficient (Wildman–Crippen LogP) is 6.45. The normalized spacial score (nSPS) is 12.0. The molecule has 0 aliphatic rings. The number of fused-ring (bicyclic) bond motifs is 1. The molecule has 150 valence electrons. The highest BCUT2D eigenvalue weighted by molar-refractivity contribution is 5.85. The van der Waals surface area contributed by atoms with Crippen LogP contribution in [-0.2, 0) is 5.41 Å². The summed E-state index contributed by atoms with van der Waals surface area (Å²) in [4.78, 5) is 19.4. The molecule has 0 aliphatic heterocycles. The summed E-state index contributed by atoms with van der Waals surface area (Å²) in [6, 6.07) is 20.0. The van der Waals surface area contributed by atoms with Crippen molar-refractivity contribution in [2.75, 3.05) is 0 Å². The lowest BCUT2D eigenvalue weighted by atomic mass is 9.87. The van der Waals surface area contributed by atoms with E-state index in [1.807, 2.05) is 30.3 Å². The molecule has 0 amide bonds. The second kappa shape index (κ2) is 7.55. The zero-order valence-electron chi connectivity index (χ0n) is 17.0. The maximum absolute atomic E-state index is 10.7. The molecule has 0 unspecified atom stereocenters. The lowest BCUT2D eigenvalue weighted by Crippen LogP contribution is -2.10. The van der Waals surface area contributed by atoms with E-state index in [1.54, 1.807) is 18.3 Å². The lowest BCUT2D eigenvalue weighted by molar-refractivity contribution is -0.384. The Morgan fingerprint density at radius 2 is 1.70 bits per heavy atom. The van der Waals surface area contributed by atoms with E-state index in [0.29, 0.717) is 11.5 Å². The highest BCUT2D eigenvalue weighted by Crippen LogP contribution is 2.29. The van der Waals surface area contributed by atoms with E-state index < -0.39 is 4.92 Å². The van der Waals surface area contributed by atoms with Crippen molar-refractivity contribution in [3.63, 3.8) is 0 Å². The summed E-state index contributed by atoms with van der Waals surface area (Å²) in [5, 5.41) is 10.7. The monoisotopic (exact) mass is 399 g/mol. The fraction of sp³-hybridized carbons (Fsp3) is 0.167. The van der Waals surface area contributed by atoms with Crippen molar-refractivity contribution in [2.24, 2.45) is 4.99 Å². The minimum absolute atomic E-state index is 0.0548. The van der Waals surface area contributed by atoms with E-state index in [9.17, 15) is 10.1 Å². The number of aromatic nitrogens is 1. The molecule has 3 aromatic carbocycles. The van der Waals surface area contributed by atoms with E-state index in [-0.39, 0.29) is 11.1 Å². The van der Waals surface area contributed by atoms with Crippen molar-refractivity contribution in [2.45, 2.75) is 26.2 Å². The van der Waals surface area contributed by atoms with Crippen molar-refractivity contribution >= 4 is 28.7 Å². The fourth-order valence-electron chi connectivity index (χ4n) is 3.06. The van der Waals surface area contributed by atoms with Crippen LogP contribution in [0, 0.1) is 10.1 Å². The number of oxazole rings is 1. The largest absolute Gasteiger partial charge is 0.436 e. The molecule has 0 radical (unpaired) electrons. The van der Waals surface area contributed by atoms with Gasteiger partial charge in [-0.2, -0.15) is 0 Å². The molecule has 0 saturated carbocycles. The van der Waals surface area contributed by atoms with Gasteiger partial charge in [0.1, 0.15) is 5.52 Å². The Morgan fingerprint density at radius 1 is 1.00 bits per heavy atom. The molecule has 0 aliphatic carbocycles. The molecule has 4 rings (SSSR count). The quantitative estimate of drug-likeness (QED) is 0.224. The summed E-state index contributed by atoms with van der Waals surface area (Å²) in [6.07, 6.45) is 1.66. The van der Waals surface area contributed by atoms with Crippen LogP contribution in [0.1, 0.15) is 31.9 Å². The maximum Gasteiger partial charge on any atom is 0.269 e. The number of hydrogen-bond donors (Lipinski definition) is 0. The predicted molar refractivity (Wildman–Crippen MR) is 118 cm³/mol. The first-order valence-electron chi connectivity index (χ1n) is 9.60. The van der Waals surface area contributed by atoms with Crippen molar-refractivity contribution in [3.8, 4) is 11.5 Å². The van der Waals surface area contributed by atoms with Crippen molar-refractivity contribution < 1.29 is 9.34 Å². The van der Waals surface area contributed by atoms with Gasteiger partial charge in [0, 0.05) is 23.9 Å². The third-order valence-electron chi connectivity index (χ3n) is 4.84. The second-order valence-electron chi connectivity index (χ2n) is 8.11. The molecule has 0 saturated heterocycles. The van der Waals surface area contributed by atoms with Crippen molar-refractivity contribution in [1.29, 1.82) is 0 Å². The number of hydrogen-bond acceptors (Lipinski definition) is 5. The Morgan fingerprint density at radius 3 is 2.33 bits per heavy atom. The van der Waals surface area contributed by atoms with Gasteiger partial charge in [0.15, 0.2) is 5.58 Å². The molecule has 0 bridgehead atoms. The Labute approximate surface area is 174 Å². The van der Waals surface area contributed by atoms with Gasteiger partial charge in [0.25, 0.3) is 5.69 Å². The first-order chi connectivity index (χ1) is 14.3. The van der Waals surface area contributed by atoms with E-state index in [0.717, 1.165) is 22.3 Å². The summed E-state index contributed by atoms with van der Waals surface area (Å²) in [5.41, 5.74) is 5.25. The molecule has 1 aromatic heterocycles. The summed E-state index contributed by atoms with van der Waals surface area (Å²) in [6.45, 7) is 6.54. The zero-order valence-corrected chi connectivity index (χ0v) is 17.0. The van der Waals surface area contributed by atoms with Gasteiger partial charge in [-0.05, 0) is 59.0 Å². The van der Waals surface area contributed by atoms with Gasteiger partial charge in [-0.15, -0.1) is 0 Å². The minimum Gasteiger partial charge on any atom is -0.436 e. The fourth-order valence-corrected chi connectivity index (χ4v) is 3.06. The summed E-state index contributed by atoms with van der Waals surface area (Å²) in [5.74, 6) is 0.571. The van der Waals surface area contributed by atoms with Crippen molar-refractivity contribution in [3.05, 3.63) is 88.0 Å². The van der Waals surface area contributed by atoms with Crippen LogP contribution in [0.3, 0.4) is 0 Å². The zero-order chi connectivity index (χ0) is 21.3. The van der Waals surface area contributed by atoms with E-state index in [1.165, 1.54) is 17.7 Å². The smallest absolute Gasteiger partial charge is 0.269 e. The second-order valence-corrected chi connectivity index (χ2v) is 8.11. The van der Waals surface area contributed by atoms with Crippen LogP contribution in [0.5, 0.6) is 0 Å². The van der Waals surface area contributed by atoms with Gasteiger partial charge in [-0.1, -0.05) is 32.9 Å².